The third-order valence-corrected chi connectivity index (χ3v) is 5.72. The summed E-state index contributed by atoms with van der Waals surface area (Å²) in [5, 5.41) is 19.3. The van der Waals surface area contributed by atoms with Crippen molar-refractivity contribution in [1.82, 2.24) is 15.6 Å². The number of carboxylic acids is 1. The van der Waals surface area contributed by atoms with Crippen molar-refractivity contribution in [3.05, 3.63) is 82.9 Å². The van der Waals surface area contributed by atoms with Crippen molar-refractivity contribution in [3.8, 4) is 0 Å². The minimum atomic E-state index is -0.844. The highest BCUT2D eigenvalue weighted by atomic mass is 32.1. The van der Waals surface area contributed by atoms with Crippen molar-refractivity contribution in [1.29, 1.82) is 0 Å². The summed E-state index contributed by atoms with van der Waals surface area (Å²) < 4.78 is 0. The summed E-state index contributed by atoms with van der Waals surface area (Å²) in [5.74, 6) is -1.29. The number of aromatic nitrogens is 1. The van der Waals surface area contributed by atoms with Gasteiger partial charge in [0.1, 0.15) is 5.69 Å². The Bertz CT molecular complexity index is 1060. The first-order chi connectivity index (χ1) is 16.0. The first kappa shape index (κ1) is 23.9. The topological polar surface area (TPSA) is 120 Å². The van der Waals surface area contributed by atoms with Gasteiger partial charge in [0, 0.05) is 18.5 Å². The molecule has 0 unspecified atom stereocenters. The van der Waals surface area contributed by atoms with Gasteiger partial charge in [-0.05, 0) is 29.9 Å². The van der Waals surface area contributed by atoms with E-state index in [0.29, 0.717) is 31.1 Å². The van der Waals surface area contributed by atoms with Gasteiger partial charge in [-0.15, -0.1) is 11.3 Å². The van der Waals surface area contributed by atoms with Gasteiger partial charge in [-0.1, -0.05) is 60.7 Å². The number of nitrogens with one attached hydrogen (secondary N) is 3. The molecule has 1 atom stereocenters. The lowest BCUT2D eigenvalue weighted by atomic mass is 9.91. The zero-order chi connectivity index (χ0) is 23.5. The molecule has 1 aromatic heterocycles. The monoisotopic (exact) mass is 466 g/mol. The summed E-state index contributed by atoms with van der Waals surface area (Å²) in [6.45, 7) is 0.789. The fourth-order valence-electron chi connectivity index (χ4n) is 3.32. The molecule has 0 bridgehead atoms. The fraction of sp³-hybridized carbons (Fsp3) is 0.250. The van der Waals surface area contributed by atoms with Crippen molar-refractivity contribution in [2.24, 2.45) is 0 Å². The molecule has 1 heterocycles. The van der Waals surface area contributed by atoms with E-state index in [0.717, 1.165) is 11.1 Å². The van der Waals surface area contributed by atoms with Gasteiger partial charge in [0.25, 0.3) is 5.91 Å². The van der Waals surface area contributed by atoms with Crippen LogP contribution < -0.4 is 16.0 Å². The number of rotatable bonds is 11. The van der Waals surface area contributed by atoms with Gasteiger partial charge in [-0.3, -0.25) is 14.9 Å². The number of amides is 3. The Morgan fingerprint density at radius 3 is 2.36 bits per heavy atom. The maximum Gasteiger partial charge on any atom is 0.321 e. The van der Waals surface area contributed by atoms with Crippen LogP contribution in [0.25, 0.3) is 0 Å². The van der Waals surface area contributed by atoms with Crippen LogP contribution in [0.2, 0.25) is 0 Å². The van der Waals surface area contributed by atoms with E-state index in [2.05, 4.69) is 20.9 Å². The van der Waals surface area contributed by atoms with E-state index in [1.807, 2.05) is 60.7 Å². The molecule has 0 saturated heterocycles. The van der Waals surface area contributed by atoms with E-state index >= 15 is 0 Å². The Morgan fingerprint density at radius 1 is 0.970 bits per heavy atom. The molecule has 2 aromatic carbocycles. The average Bonchev–Trinajstić information content (AvgIpc) is 3.29. The van der Waals surface area contributed by atoms with E-state index in [-0.39, 0.29) is 23.9 Å². The quantitative estimate of drug-likeness (QED) is 0.315. The van der Waals surface area contributed by atoms with Crippen molar-refractivity contribution in [2.45, 2.75) is 31.7 Å². The lowest BCUT2D eigenvalue weighted by molar-refractivity contribution is -0.137. The van der Waals surface area contributed by atoms with Crippen molar-refractivity contribution >= 4 is 34.4 Å². The summed E-state index contributed by atoms with van der Waals surface area (Å²) in [5.41, 5.74) is 2.18. The van der Waals surface area contributed by atoms with Gasteiger partial charge in [-0.2, -0.15) is 0 Å². The predicted octanol–water partition coefficient (Wildman–Crippen LogP) is 4.23. The maximum absolute atomic E-state index is 12.4. The van der Waals surface area contributed by atoms with Crippen LogP contribution in [0.3, 0.4) is 0 Å². The number of benzene rings is 2. The minimum absolute atomic E-state index is 0.0470. The number of carbonyl (C=O) groups excluding carboxylic acids is 2. The molecule has 0 fully saturated rings. The molecule has 3 aromatic rings. The van der Waals surface area contributed by atoms with Gasteiger partial charge in [0.15, 0.2) is 5.13 Å². The van der Waals surface area contributed by atoms with Gasteiger partial charge >= 0.3 is 12.0 Å². The summed E-state index contributed by atoms with van der Waals surface area (Å²) in [6.07, 6.45) is 1.32. The van der Waals surface area contributed by atoms with Crippen LogP contribution in [-0.4, -0.2) is 34.5 Å². The molecular weight excluding hydrogens is 440 g/mol. The van der Waals surface area contributed by atoms with Crippen molar-refractivity contribution in [2.75, 3.05) is 11.9 Å². The van der Waals surface area contributed by atoms with Crippen LogP contribution in [0.1, 0.15) is 46.8 Å². The van der Waals surface area contributed by atoms with Gasteiger partial charge in [0.05, 0.1) is 6.42 Å². The Labute approximate surface area is 196 Å². The molecule has 0 radical (unpaired) electrons. The Balaban J connectivity index is 1.41. The fourth-order valence-corrected chi connectivity index (χ4v) is 4.00. The van der Waals surface area contributed by atoms with E-state index in [1.54, 1.807) is 5.38 Å². The molecule has 0 aliphatic heterocycles. The largest absolute Gasteiger partial charge is 0.481 e. The molecule has 9 heteroatoms. The Hall–Kier alpha value is -3.72. The Kier molecular flexibility index (Phi) is 8.96. The molecular formula is C24H26N4O4S. The van der Waals surface area contributed by atoms with E-state index in [9.17, 15) is 19.5 Å². The predicted molar refractivity (Wildman–Crippen MR) is 127 cm³/mol. The Morgan fingerprint density at radius 2 is 1.67 bits per heavy atom. The first-order valence-electron chi connectivity index (χ1n) is 10.6. The van der Waals surface area contributed by atoms with Gasteiger partial charge in [-0.25, -0.2) is 9.78 Å². The molecule has 0 spiro atoms. The van der Waals surface area contributed by atoms with Crippen LogP contribution in [-0.2, 0) is 11.3 Å². The van der Waals surface area contributed by atoms with Crippen LogP contribution in [0.15, 0.2) is 66.0 Å². The summed E-state index contributed by atoms with van der Waals surface area (Å²) >= 11 is 1.17. The van der Waals surface area contributed by atoms with Crippen LogP contribution in [0.5, 0.6) is 0 Å². The van der Waals surface area contributed by atoms with Crippen LogP contribution >= 0.6 is 11.3 Å². The van der Waals surface area contributed by atoms with Crippen molar-refractivity contribution in [3.63, 3.8) is 0 Å². The number of hydrogen-bond donors (Lipinski definition) is 4. The molecule has 0 aliphatic rings. The number of carbonyl (C=O) groups is 3. The smallest absolute Gasteiger partial charge is 0.321 e. The molecule has 33 heavy (non-hydrogen) atoms. The molecule has 172 valence electrons. The number of urea groups is 1. The van der Waals surface area contributed by atoms with Crippen LogP contribution in [0, 0.1) is 0 Å². The van der Waals surface area contributed by atoms with E-state index in [4.69, 9.17) is 0 Å². The third kappa shape index (κ3) is 8.04. The highest BCUT2D eigenvalue weighted by Gasteiger charge is 2.16. The van der Waals surface area contributed by atoms with E-state index < -0.39 is 12.0 Å². The second kappa shape index (κ2) is 12.4. The summed E-state index contributed by atoms with van der Waals surface area (Å²) in [4.78, 5) is 39.7. The minimum Gasteiger partial charge on any atom is -0.481 e. The van der Waals surface area contributed by atoms with E-state index in [1.165, 1.54) is 11.3 Å². The zero-order valence-electron chi connectivity index (χ0n) is 18.0. The molecule has 0 aliphatic carbocycles. The number of hydrogen-bond acceptors (Lipinski definition) is 5. The lowest BCUT2D eigenvalue weighted by Crippen LogP contribution is -2.28. The average molecular weight is 467 g/mol. The highest BCUT2D eigenvalue weighted by Crippen LogP contribution is 2.24. The summed E-state index contributed by atoms with van der Waals surface area (Å²) in [6, 6.07) is 18.6. The number of aliphatic carboxylic acids is 1. The lowest BCUT2D eigenvalue weighted by Gasteiger charge is -2.15. The van der Waals surface area contributed by atoms with Gasteiger partial charge in [0.2, 0.25) is 0 Å². The standard InChI is InChI=1S/C24H26N4O4S/c29-21(30)14-19(18-10-5-2-6-11-18)12-7-13-25-22(31)20-16-33-24(27-20)28-23(32)26-15-17-8-3-1-4-9-17/h1-6,8-11,16,19H,7,12-15H2,(H,25,31)(H,29,30)(H2,26,27,28,32)/t19-/m0/s1. The number of anilines is 1. The molecule has 4 N–H and O–H groups in total. The zero-order valence-corrected chi connectivity index (χ0v) is 18.8. The highest BCUT2D eigenvalue weighted by molar-refractivity contribution is 7.14. The third-order valence-electron chi connectivity index (χ3n) is 4.96. The molecule has 3 amide bonds. The number of carboxylic acid groups (broad SMARTS) is 1. The van der Waals surface area contributed by atoms with Gasteiger partial charge < -0.3 is 15.7 Å². The maximum atomic E-state index is 12.4. The molecule has 0 saturated carbocycles. The SMILES string of the molecule is O=C(O)C[C@H](CCCNC(=O)c1csc(NC(=O)NCc2ccccc2)n1)c1ccccc1. The van der Waals surface area contributed by atoms with Crippen LogP contribution in [0.4, 0.5) is 9.93 Å². The normalized spacial score (nSPS) is 11.4. The second-order valence-electron chi connectivity index (χ2n) is 7.43. The van der Waals surface area contributed by atoms with Crippen molar-refractivity contribution < 1.29 is 19.5 Å². The number of thiazole rings is 1. The second-order valence-corrected chi connectivity index (χ2v) is 8.29. The number of nitrogens with zero attached hydrogens (tertiary/aromatic N) is 1. The molecule has 8 nitrogen and oxygen atoms in total. The summed E-state index contributed by atoms with van der Waals surface area (Å²) in [7, 11) is 0. The first-order valence-corrected chi connectivity index (χ1v) is 11.5. The molecule has 3 rings (SSSR count).